The smallest absolute Gasteiger partial charge is 0.0850 e. The monoisotopic (exact) mass is 299 g/mol. The van der Waals surface area contributed by atoms with Crippen molar-refractivity contribution in [2.45, 2.75) is 64.6 Å². The van der Waals surface area contributed by atoms with Gasteiger partial charge in [0, 0.05) is 25.6 Å². The fourth-order valence-electron chi connectivity index (χ4n) is 3.07. The Hall–Kier alpha value is -0.580. The number of piperidine rings is 1. The Morgan fingerprint density at radius 2 is 2.15 bits per heavy atom. The van der Waals surface area contributed by atoms with Crippen molar-refractivity contribution in [3.8, 4) is 0 Å². The van der Waals surface area contributed by atoms with Crippen LogP contribution in [0.4, 0.5) is 0 Å². The summed E-state index contributed by atoms with van der Waals surface area (Å²) in [5, 5.41) is 16.2. The molecule has 0 amide bonds. The average Bonchev–Trinajstić information content (AvgIpc) is 2.71. The van der Waals surface area contributed by atoms with Crippen LogP contribution in [0.2, 0.25) is 5.02 Å². The molecular formula is C15H26ClN3O. The lowest BCUT2D eigenvalue weighted by Gasteiger charge is -2.41. The molecular weight excluding hydrogens is 274 g/mol. The molecule has 0 aliphatic carbocycles. The van der Waals surface area contributed by atoms with Crippen molar-refractivity contribution >= 4 is 11.6 Å². The first-order chi connectivity index (χ1) is 9.40. The van der Waals surface area contributed by atoms with Crippen molar-refractivity contribution in [1.82, 2.24) is 14.7 Å². The van der Waals surface area contributed by atoms with Crippen molar-refractivity contribution in [2.75, 3.05) is 13.6 Å². The molecule has 1 aliphatic rings. The second-order valence-corrected chi connectivity index (χ2v) is 6.44. The Morgan fingerprint density at radius 3 is 2.70 bits per heavy atom. The summed E-state index contributed by atoms with van der Waals surface area (Å²) < 4.78 is 1.95. The minimum Gasteiger partial charge on any atom is -0.389 e. The molecule has 2 rings (SSSR count). The van der Waals surface area contributed by atoms with Crippen molar-refractivity contribution in [3.63, 3.8) is 0 Å². The molecule has 2 atom stereocenters. The first-order valence-electron chi connectivity index (χ1n) is 7.57. The van der Waals surface area contributed by atoms with E-state index in [1.807, 2.05) is 4.68 Å². The summed E-state index contributed by atoms with van der Waals surface area (Å²) in [6, 6.07) is 0.399. The summed E-state index contributed by atoms with van der Waals surface area (Å²) in [6.07, 6.45) is 3.01. The number of hydrogen-bond donors (Lipinski definition) is 1. The molecule has 1 saturated heterocycles. The molecule has 2 heterocycles. The zero-order valence-corrected chi connectivity index (χ0v) is 13.7. The maximum absolute atomic E-state index is 10.9. The maximum atomic E-state index is 10.9. The van der Waals surface area contributed by atoms with Gasteiger partial charge in [0.1, 0.15) is 0 Å². The van der Waals surface area contributed by atoms with Gasteiger partial charge in [-0.1, -0.05) is 18.5 Å². The van der Waals surface area contributed by atoms with Gasteiger partial charge in [-0.15, -0.1) is 0 Å². The number of aliphatic hydroxyl groups is 1. The third kappa shape index (κ3) is 3.02. The number of likely N-dealkylation sites (tertiary alicyclic amines) is 1. The van der Waals surface area contributed by atoms with Gasteiger partial charge < -0.3 is 10.0 Å². The molecule has 0 bridgehead atoms. The first kappa shape index (κ1) is 15.8. The molecule has 5 heteroatoms. The number of nitrogens with zero attached hydrogens (tertiary/aromatic N) is 3. The van der Waals surface area contributed by atoms with Crippen molar-refractivity contribution in [1.29, 1.82) is 0 Å². The minimum atomic E-state index is -0.659. The Labute approximate surface area is 126 Å². The summed E-state index contributed by atoms with van der Waals surface area (Å²) >= 11 is 6.45. The topological polar surface area (TPSA) is 41.3 Å². The largest absolute Gasteiger partial charge is 0.389 e. The van der Waals surface area contributed by atoms with Gasteiger partial charge >= 0.3 is 0 Å². The molecule has 2 unspecified atom stereocenters. The summed E-state index contributed by atoms with van der Waals surface area (Å²) in [5.41, 5.74) is 1.27. The normalized spacial score (nSPS) is 28.0. The van der Waals surface area contributed by atoms with Crippen LogP contribution in [0, 0.1) is 0 Å². The van der Waals surface area contributed by atoms with E-state index in [0.717, 1.165) is 48.8 Å². The molecule has 1 fully saturated rings. The maximum Gasteiger partial charge on any atom is 0.0850 e. The first-order valence-corrected chi connectivity index (χ1v) is 7.94. The minimum absolute atomic E-state index is 0.399. The number of aromatic nitrogens is 2. The lowest BCUT2D eigenvalue weighted by atomic mass is 9.83. The number of hydrogen-bond acceptors (Lipinski definition) is 3. The SMILES string of the molecule is CCc1nn(CC)c(CC2(O)CCN(C)C(C)C2)c1Cl. The Morgan fingerprint density at radius 1 is 1.45 bits per heavy atom. The van der Waals surface area contributed by atoms with E-state index in [1.165, 1.54) is 0 Å². The van der Waals surface area contributed by atoms with Crippen molar-refractivity contribution in [2.24, 2.45) is 0 Å². The molecule has 20 heavy (non-hydrogen) atoms. The zero-order valence-electron chi connectivity index (χ0n) is 13.0. The lowest BCUT2D eigenvalue weighted by molar-refractivity contribution is -0.0366. The molecule has 0 saturated carbocycles. The van der Waals surface area contributed by atoms with E-state index in [-0.39, 0.29) is 0 Å². The third-order valence-electron chi connectivity index (χ3n) is 4.55. The Kier molecular flexibility index (Phi) is 4.77. The zero-order chi connectivity index (χ0) is 14.9. The highest BCUT2D eigenvalue weighted by Crippen LogP contribution is 2.32. The van der Waals surface area contributed by atoms with Gasteiger partial charge in [-0.2, -0.15) is 5.10 Å². The van der Waals surface area contributed by atoms with Gasteiger partial charge in [0.2, 0.25) is 0 Å². The van der Waals surface area contributed by atoms with Gasteiger partial charge in [0.15, 0.2) is 0 Å². The van der Waals surface area contributed by atoms with E-state index in [2.05, 4.69) is 37.8 Å². The van der Waals surface area contributed by atoms with Gasteiger partial charge in [-0.25, -0.2) is 0 Å². The summed E-state index contributed by atoms with van der Waals surface area (Å²) in [7, 11) is 2.11. The average molecular weight is 300 g/mol. The standard InChI is InChI=1S/C15H26ClN3O/c1-5-12-14(16)13(19(6-2)17-12)10-15(20)7-8-18(4)11(3)9-15/h11,20H,5-10H2,1-4H3. The van der Waals surface area contributed by atoms with E-state index in [9.17, 15) is 5.11 Å². The molecule has 1 aromatic heterocycles. The van der Waals surface area contributed by atoms with Crippen LogP contribution in [0.5, 0.6) is 0 Å². The number of rotatable bonds is 4. The fraction of sp³-hybridized carbons (Fsp3) is 0.800. The van der Waals surface area contributed by atoms with E-state index in [0.29, 0.717) is 12.5 Å². The predicted octanol–water partition coefficient (Wildman–Crippen LogP) is 2.51. The Balaban J connectivity index is 2.23. The second-order valence-electron chi connectivity index (χ2n) is 6.06. The van der Waals surface area contributed by atoms with Gasteiger partial charge in [0.05, 0.1) is 22.0 Å². The highest BCUT2D eigenvalue weighted by atomic mass is 35.5. The molecule has 0 aromatic carbocycles. The number of aryl methyl sites for hydroxylation is 2. The van der Waals surface area contributed by atoms with Crippen molar-refractivity contribution < 1.29 is 5.11 Å². The van der Waals surface area contributed by atoms with Crippen LogP contribution < -0.4 is 0 Å². The molecule has 0 radical (unpaired) electrons. The summed E-state index contributed by atoms with van der Waals surface area (Å²) in [5.74, 6) is 0. The van der Waals surface area contributed by atoms with Gasteiger partial charge in [-0.05, 0) is 40.2 Å². The summed E-state index contributed by atoms with van der Waals surface area (Å²) in [4.78, 5) is 2.30. The molecule has 0 spiro atoms. The van der Waals surface area contributed by atoms with Crippen LogP contribution in [-0.2, 0) is 19.4 Å². The van der Waals surface area contributed by atoms with Gasteiger partial charge in [0.25, 0.3) is 0 Å². The molecule has 114 valence electrons. The number of halogens is 1. The van der Waals surface area contributed by atoms with Crippen LogP contribution in [0.25, 0.3) is 0 Å². The van der Waals surface area contributed by atoms with Crippen LogP contribution >= 0.6 is 11.6 Å². The van der Waals surface area contributed by atoms with Gasteiger partial charge in [-0.3, -0.25) is 4.68 Å². The highest BCUT2D eigenvalue weighted by Gasteiger charge is 2.36. The lowest BCUT2D eigenvalue weighted by Crippen LogP contribution is -2.49. The summed E-state index contributed by atoms with van der Waals surface area (Å²) in [6.45, 7) is 8.01. The predicted molar refractivity (Wildman–Crippen MR) is 82.3 cm³/mol. The van der Waals surface area contributed by atoms with E-state index >= 15 is 0 Å². The van der Waals surface area contributed by atoms with E-state index in [1.54, 1.807) is 0 Å². The van der Waals surface area contributed by atoms with Crippen LogP contribution in [-0.4, -0.2) is 45.0 Å². The second kappa shape index (κ2) is 6.04. The highest BCUT2D eigenvalue weighted by molar-refractivity contribution is 6.31. The van der Waals surface area contributed by atoms with E-state index in [4.69, 9.17) is 11.6 Å². The van der Waals surface area contributed by atoms with E-state index < -0.39 is 5.60 Å². The third-order valence-corrected chi connectivity index (χ3v) is 4.98. The molecule has 1 aromatic rings. The molecule has 1 aliphatic heterocycles. The molecule has 4 nitrogen and oxygen atoms in total. The van der Waals surface area contributed by atoms with Crippen LogP contribution in [0.1, 0.15) is 45.0 Å². The fourth-order valence-corrected chi connectivity index (χ4v) is 3.41. The van der Waals surface area contributed by atoms with Crippen LogP contribution in [0.3, 0.4) is 0 Å². The van der Waals surface area contributed by atoms with Crippen molar-refractivity contribution in [3.05, 3.63) is 16.4 Å². The van der Waals surface area contributed by atoms with Crippen LogP contribution in [0.15, 0.2) is 0 Å². The quantitative estimate of drug-likeness (QED) is 0.929. The molecule has 1 N–H and O–H groups in total. The Bertz CT molecular complexity index is 474.